The first-order chi connectivity index (χ1) is 12.3. The minimum Gasteiger partial charge on any atom is -0.483 e. The lowest BCUT2D eigenvalue weighted by Crippen LogP contribution is -2.01. The van der Waals surface area contributed by atoms with Crippen molar-refractivity contribution in [3.05, 3.63) is 46.6 Å². The maximum atomic E-state index is 5.53. The number of thiocarbonyl (C=S) groups is 1. The molecule has 148 valence electrons. The van der Waals surface area contributed by atoms with E-state index in [9.17, 15) is 0 Å². The van der Waals surface area contributed by atoms with Gasteiger partial charge in [0.05, 0.1) is 0 Å². The summed E-state index contributed by atoms with van der Waals surface area (Å²) in [5, 5.41) is 0.733. The van der Waals surface area contributed by atoms with Gasteiger partial charge in [0.1, 0.15) is 6.61 Å². The van der Waals surface area contributed by atoms with Gasteiger partial charge in [0.15, 0.2) is 5.05 Å². The monoisotopic (exact) mass is 376 g/mol. The number of ether oxygens (including phenoxy) is 1. The van der Waals surface area contributed by atoms with Gasteiger partial charge in [-0.3, -0.25) is 0 Å². The molecular formula is C24H40OS. The SMILES string of the molecule is CCCC(=S)OC/C=C(\C)CC/C=C(\C)CC/C=C(\C)CCC=C(C)C. The molecule has 0 aliphatic carbocycles. The highest BCUT2D eigenvalue weighted by Gasteiger charge is 1.96. The number of hydrogen-bond acceptors (Lipinski definition) is 2. The van der Waals surface area contributed by atoms with Crippen molar-refractivity contribution in [1.82, 2.24) is 0 Å². The fourth-order valence-electron chi connectivity index (χ4n) is 2.54. The zero-order valence-electron chi connectivity index (χ0n) is 18.0. The van der Waals surface area contributed by atoms with Crippen LogP contribution in [0.5, 0.6) is 0 Å². The number of rotatable bonds is 13. The second-order valence-electron chi connectivity index (χ2n) is 7.48. The van der Waals surface area contributed by atoms with Crippen LogP contribution in [0.3, 0.4) is 0 Å². The molecule has 0 aromatic carbocycles. The predicted molar refractivity (Wildman–Crippen MR) is 122 cm³/mol. The fourth-order valence-corrected chi connectivity index (χ4v) is 2.81. The summed E-state index contributed by atoms with van der Waals surface area (Å²) in [6, 6.07) is 0. The summed E-state index contributed by atoms with van der Waals surface area (Å²) in [5.41, 5.74) is 5.79. The first-order valence-corrected chi connectivity index (χ1v) is 10.5. The molecule has 0 aromatic heterocycles. The van der Waals surface area contributed by atoms with Crippen LogP contribution in [0.4, 0.5) is 0 Å². The molecule has 0 aliphatic rings. The van der Waals surface area contributed by atoms with Gasteiger partial charge >= 0.3 is 0 Å². The van der Waals surface area contributed by atoms with Gasteiger partial charge in [-0.1, -0.05) is 47.4 Å². The predicted octanol–water partition coefficient (Wildman–Crippen LogP) is 8.28. The van der Waals surface area contributed by atoms with Gasteiger partial charge < -0.3 is 4.74 Å². The molecule has 0 amide bonds. The molecule has 0 atom stereocenters. The Morgan fingerprint density at radius 1 is 0.692 bits per heavy atom. The van der Waals surface area contributed by atoms with Crippen LogP contribution in [0.25, 0.3) is 0 Å². The molecule has 0 radical (unpaired) electrons. The van der Waals surface area contributed by atoms with E-state index in [2.05, 4.69) is 65.8 Å². The quantitative estimate of drug-likeness (QED) is 0.236. The van der Waals surface area contributed by atoms with Crippen molar-refractivity contribution >= 4 is 17.3 Å². The fraction of sp³-hybridized carbons (Fsp3) is 0.625. The molecule has 0 fully saturated rings. The van der Waals surface area contributed by atoms with Gasteiger partial charge in [-0.2, -0.15) is 0 Å². The summed E-state index contributed by atoms with van der Waals surface area (Å²) in [5.74, 6) is 0. The summed E-state index contributed by atoms with van der Waals surface area (Å²) in [6.45, 7) is 13.7. The molecule has 0 bridgehead atoms. The summed E-state index contributed by atoms with van der Waals surface area (Å²) in [7, 11) is 0. The van der Waals surface area contributed by atoms with Crippen molar-refractivity contribution in [2.45, 2.75) is 92.9 Å². The lowest BCUT2D eigenvalue weighted by molar-refractivity contribution is 0.348. The van der Waals surface area contributed by atoms with Crippen molar-refractivity contribution in [2.75, 3.05) is 6.61 Å². The van der Waals surface area contributed by atoms with Gasteiger partial charge in [-0.25, -0.2) is 0 Å². The molecule has 26 heavy (non-hydrogen) atoms. The largest absolute Gasteiger partial charge is 0.483 e. The topological polar surface area (TPSA) is 9.23 Å². The highest BCUT2D eigenvalue weighted by atomic mass is 32.1. The second-order valence-corrected chi connectivity index (χ2v) is 7.94. The molecule has 0 saturated carbocycles. The minimum atomic E-state index is 0.615. The van der Waals surface area contributed by atoms with Gasteiger partial charge in [0.25, 0.3) is 0 Å². The van der Waals surface area contributed by atoms with Crippen LogP contribution in [0.2, 0.25) is 0 Å². The standard InChI is InChI=1S/C24H40OS/c1-7-11-24(26)25-19-18-23(6)17-10-16-22(5)15-9-14-21(4)13-8-12-20(2)3/h12,14,16,18H,7-11,13,15,17,19H2,1-6H3/b21-14+,22-16+,23-18+. The maximum Gasteiger partial charge on any atom is 0.160 e. The van der Waals surface area contributed by atoms with Crippen LogP contribution >= 0.6 is 12.2 Å². The van der Waals surface area contributed by atoms with Crippen molar-refractivity contribution < 1.29 is 4.74 Å². The molecule has 0 aliphatic heterocycles. The van der Waals surface area contributed by atoms with Crippen LogP contribution in [-0.2, 0) is 4.74 Å². The van der Waals surface area contributed by atoms with E-state index in [4.69, 9.17) is 17.0 Å². The Morgan fingerprint density at radius 3 is 1.62 bits per heavy atom. The van der Waals surface area contributed by atoms with Crippen LogP contribution in [0.15, 0.2) is 46.6 Å². The Kier molecular flexibility index (Phi) is 15.3. The van der Waals surface area contributed by atoms with Crippen molar-refractivity contribution in [3.63, 3.8) is 0 Å². The molecule has 0 saturated heterocycles. The molecule has 1 nitrogen and oxygen atoms in total. The Morgan fingerprint density at radius 2 is 1.15 bits per heavy atom. The smallest absolute Gasteiger partial charge is 0.160 e. The third kappa shape index (κ3) is 16.3. The maximum absolute atomic E-state index is 5.53. The van der Waals surface area contributed by atoms with Crippen LogP contribution in [-0.4, -0.2) is 11.7 Å². The second kappa shape index (κ2) is 16.1. The van der Waals surface area contributed by atoms with Crippen LogP contribution in [0.1, 0.15) is 92.9 Å². The van der Waals surface area contributed by atoms with Crippen molar-refractivity contribution in [2.24, 2.45) is 0 Å². The molecule has 0 N–H and O–H groups in total. The zero-order chi connectivity index (χ0) is 19.8. The van der Waals surface area contributed by atoms with E-state index in [1.165, 1.54) is 28.7 Å². The lowest BCUT2D eigenvalue weighted by Gasteiger charge is -2.05. The van der Waals surface area contributed by atoms with Crippen LogP contribution < -0.4 is 0 Å². The lowest BCUT2D eigenvalue weighted by atomic mass is 10.0. The van der Waals surface area contributed by atoms with E-state index in [0.29, 0.717) is 6.61 Å². The van der Waals surface area contributed by atoms with E-state index in [1.54, 1.807) is 0 Å². The molecule has 0 unspecified atom stereocenters. The normalized spacial score (nSPS) is 12.9. The zero-order valence-corrected chi connectivity index (χ0v) is 18.8. The van der Waals surface area contributed by atoms with Gasteiger partial charge in [0.2, 0.25) is 0 Å². The van der Waals surface area contributed by atoms with Crippen molar-refractivity contribution in [1.29, 1.82) is 0 Å². The average Bonchev–Trinajstić information content (AvgIpc) is 2.54. The Labute approximate surface area is 168 Å². The van der Waals surface area contributed by atoms with Crippen LogP contribution in [0, 0.1) is 0 Å². The number of allylic oxidation sites excluding steroid dienone is 7. The Bertz CT molecular complexity index is 516. The molecule has 0 aromatic rings. The summed E-state index contributed by atoms with van der Waals surface area (Å²) in [4.78, 5) is 0. The van der Waals surface area contributed by atoms with E-state index >= 15 is 0 Å². The van der Waals surface area contributed by atoms with Gasteiger partial charge in [0, 0.05) is 6.42 Å². The highest BCUT2D eigenvalue weighted by molar-refractivity contribution is 7.80. The van der Waals surface area contributed by atoms with Crippen molar-refractivity contribution in [3.8, 4) is 0 Å². The third-order valence-electron chi connectivity index (χ3n) is 4.28. The molecule has 0 spiro atoms. The highest BCUT2D eigenvalue weighted by Crippen LogP contribution is 2.13. The molecular weight excluding hydrogens is 336 g/mol. The Balaban J connectivity index is 3.99. The van der Waals surface area contributed by atoms with E-state index in [1.807, 2.05) is 0 Å². The van der Waals surface area contributed by atoms with Gasteiger partial charge in [-0.15, -0.1) is 0 Å². The molecule has 2 heteroatoms. The van der Waals surface area contributed by atoms with E-state index in [-0.39, 0.29) is 0 Å². The third-order valence-corrected chi connectivity index (χ3v) is 4.61. The number of hydrogen-bond donors (Lipinski definition) is 0. The molecule has 0 heterocycles. The first kappa shape index (κ1) is 24.8. The summed E-state index contributed by atoms with van der Waals surface area (Å²) in [6.07, 6.45) is 18.1. The van der Waals surface area contributed by atoms with Gasteiger partial charge in [-0.05, 0) is 97.9 Å². The van der Waals surface area contributed by atoms with E-state index in [0.717, 1.165) is 50.0 Å². The summed E-state index contributed by atoms with van der Waals surface area (Å²) >= 11 is 5.15. The average molecular weight is 377 g/mol. The first-order valence-electron chi connectivity index (χ1n) is 10.1. The Hall–Kier alpha value is -1.15. The minimum absolute atomic E-state index is 0.615. The molecule has 0 rings (SSSR count). The van der Waals surface area contributed by atoms with E-state index < -0.39 is 0 Å². The summed E-state index contributed by atoms with van der Waals surface area (Å²) < 4.78 is 5.53.